The molecule has 3 aromatic heterocycles. The monoisotopic (exact) mass is 730 g/mol. The largest absolute Gasteiger partial charge is 0.433 e. The molecule has 12 nitrogen and oxygen atoms in total. The predicted octanol–water partition coefficient (Wildman–Crippen LogP) is 5.59. The third kappa shape index (κ3) is 7.00. The van der Waals surface area contributed by atoms with Crippen molar-refractivity contribution >= 4 is 40.2 Å². The highest BCUT2D eigenvalue weighted by Gasteiger charge is 2.67. The number of hydrogen-bond acceptors (Lipinski definition) is 8. The molecule has 1 saturated heterocycles. The first-order valence-electron chi connectivity index (χ1n) is 17.9. The summed E-state index contributed by atoms with van der Waals surface area (Å²) in [7, 11) is 0. The summed E-state index contributed by atoms with van der Waals surface area (Å²) in [6.45, 7) is 6.64. The van der Waals surface area contributed by atoms with Crippen LogP contribution < -0.4 is 10.6 Å². The number of anilines is 1. The highest BCUT2D eigenvalue weighted by Crippen LogP contribution is 2.59. The van der Waals surface area contributed by atoms with Crippen LogP contribution in [0.5, 0.6) is 0 Å². The first-order chi connectivity index (χ1) is 25.1. The van der Waals surface area contributed by atoms with Crippen molar-refractivity contribution in [3.05, 3.63) is 64.9 Å². The van der Waals surface area contributed by atoms with Crippen LogP contribution in [-0.4, -0.2) is 71.8 Å². The van der Waals surface area contributed by atoms with Gasteiger partial charge in [0.05, 0.1) is 23.1 Å². The number of halogens is 3. The third-order valence-corrected chi connectivity index (χ3v) is 10.9. The summed E-state index contributed by atoms with van der Waals surface area (Å²) in [5, 5.41) is 10.9. The number of Topliss-reactive ketones (excluding diaryl/α,β-unsaturated/α-hetero) is 1. The van der Waals surface area contributed by atoms with E-state index in [-0.39, 0.29) is 48.6 Å². The maximum atomic E-state index is 14.5. The molecule has 0 radical (unpaired) electrons. The van der Waals surface area contributed by atoms with Gasteiger partial charge in [0.2, 0.25) is 17.7 Å². The molecule has 4 atom stereocenters. The van der Waals surface area contributed by atoms with Crippen molar-refractivity contribution in [2.45, 2.75) is 97.4 Å². The minimum absolute atomic E-state index is 0.102. The molecule has 1 aliphatic carbocycles. The molecular formula is C38H41F3N8O4. The van der Waals surface area contributed by atoms with Crippen LogP contribution in [0.1, 0.15) is 85.4 Å². The molecule has 0 unspecified atom stereocenters. The molecule has 3 amide bonds. The molecule has 7 rings (SSSR count). The van der Waals surface area contributed by atoms with E-state index in [1.165, 1.54) is 29.5 Å². The van der Waals surface area contributed by atoms with E-state index < -0.39 is 41.2 Å². The average Bonchev–Trinajstić information content (AvgIpc) is 3.52. The Balaban J connectivity index is 1.29. The van der Waals surface area contributed by atoms with E-state index in [9.17, 15) is 32.3 Å². The highest BCUT2D eigenvalue weighted by atomic mass is 19.4. The van der Waals surface area contributed by atoms with Crippen LogP contribution in [0.25, 0.3) is 22.2 Å². The van der Waals surface area contributed by atoms with E-state index in [1.807, 2.05) is 26.0 Å². The summed E-state index contributed by atoms with van der Waals surface area (Å²) in [6.07, 6.45) is 3.12. The molecule has 1 saturated carbocycles. The lowest BCUT2D eigenvalue weighted by molar-refractivity contribution is -0.141. The van der Waals surface area contributed by atoms with Gasteiger partial charge in [0.1, 0.15) is 29.8 Å². The van der Waals surface area contributed by atoms with Gasteiger partial charge in [-0.1, -0.05) is 25.8 Å². The van der Waals surface area contributed by atoms with Gasteiger partial charge in [-0.3, -0.25) is 33.8 Å². The van der Waals surface area contributed by atoms with Crippen LogP contribution >= 0.6 is 0 Å². The number of alkyl halides is 3. The Morgan fingerprint density at radius 2 is 1.83 bits per heavy atom. The molecule has 15 heteroatoms. The number of carbonyl (C=O) groups is 4. The van der Waals surface area contributed by atoms with Crippen molar-refractivity contribution in [1.82, 2.24) is 34.9 Å². The van der Waals surface area contributed by atoms with E-state index in [4.69, 9.17) is 0 Å². The number of piperidine rings is 1. The number of amides is 3. The zero-order chi connectivity index (χ0) is 37.8. The Labute approximate surface area is 304 Å². The molecule has 1 aromatic carbocycles. The summed E-state index contributed by atoms with van der Waals surface area (Å²) in [5.41, 5.74) is 2.42. The highest BCUT2D eigenvalue weighted by molar-refractivity contribution is 6.07. The summed E-state index contributed by atoms with van der Waals surface area (Å²) in [5.74, 6) is -1.99. The van der Waals surface area contributed by atoms with Gasteiger partial charge >= 0.3 is 6.18 Å². The van der Waals surface area contributed by atoms with Crippen molar-refractivity contribution in [2.24, 2.45) is 11.3 Å². The summed E-state index contributed by atoms with van der Waals surface area (Å²) < 4.78 is 42.1. The Morgan fingerprint density at radius 3 is 2.55 bits per heavy atom. The minimum atomic E-state index is -4.72. The zero-order valence-electron chi connectivity index (χ0n) is 30.0. The second-order valence-electron chi connectivity index (χ2n) is 14.8. The van der Waals surface area contributed by atoms with Crippen molar-refractivity contribution < 1.29 is 32.3 Å². The van der Waals surface area contributed by atoms with Crippen LogP contribution in [-0.2, 0) is 33.5 Å². The normalized spacial score (nSPS) is 23.7. The van der Waals surface area contributed by atoms with Crippen LogP contribution in [0, 0.1) is 25.2 Å². The minimum Gasteiger partial charge on any atom is -0.355 e. The van der Waals surface area contributed by atoms with E-state index >= 15 is 0 Å². The lowest BCUT2D eigenvalue weighted by atomic mass is 9.96. The van der Waals surface area contributed by atoms with E-state index in [2.05, 4.69) is 30.7 Å². The maximum absolute atomic E-state index is 14.5. The second kappa shape index (κ2) is 13.6. The molecular weight excluding hydrogens is 689 g/mol. The van der Waals surface area contributed by atoms with Crippen LogP contribution in [0.3, 0.4) is 0 Å². The van der Waals surface area contributed by atoms with Gasteiger partial charge in [0.15, 0.2) is 5.78 Å². The first-order valence-corrected chi connectivity index (χ1v) is 17.9. The van der Waals surface area contributed by atoms with Crippen LogP contribution in [0.2, 0.25) is 0 Å². The number of carbonyl (C=O) groups excluding carboxylic acids is 4. The fraction of sp³-hybridized carbons (Fsp3) is 0.474. The summed E-state index contributed by atoms with van der Waals surface area (Å²) >= 11 is 0. The predicted molar refractivity (Wildman–Crippen MR) is 189 cm³/mol. The number of nitrogens with one attached hydrogen (secondary N) is 2. The Bertz CT molecular complexity index is 2130. The first kappa shape index (κ1) is 36.2. The number of rotatable bonds is 4. The Morgan fingerprint density at radius 1 is 1.04 bits per heavy atom. The smallest absolute Gasteiger partial charge is 0.355 e. The van der Waals surface area contributed by atoms with Crippen LogP contribution in [0.4, 0.5) is 19.0 Å². The van der Waals surface area contributed by atoms with Gasteiger partial charge < -0.3 is 15.5 Å². The number of ketones is 1. The fourth-order valence-corrected chi connectivity index (χ4v) is 7.86. The maximum Gasteiger partial charge on any atom is 0.433 e. The lowest BCUT2D eigenvalue weighted by Crippen LogP contribution is -2.47. The van der Waals surface area contributed by atoms with Gasteiger partial charge in [-0.15, -0.1) is 0 Å². The number of aryl methyl sites for hydroxylation is 3. The molecule has 53 heavy (non-hydrogen) atoms. The average molecular weight is 731 g/mol. The van der Waals surface area contributed by atoms with E-state index in [0.29, 0.717) is 41.4 Å². The van der Waals surface area contributed by atoms with Gasteiger partial charge in [-0.25, -0.2) is 4.98 Å². The van der Waals surface area contributed by atoms with Gasteiger partial charge in [-0.2, -0.15) is 18.3 Å². The molecule has 2 fully saturated rings. The van der Waals surface area contributed by atoms with Gasteiger partial charge in [0, 0.05) is 48.0 Å². The quantitative estimate of drug-likeness (QED) is 0.258. The van der Waals surface area contributed by atoms with Crippen molar-refractivity contribution in [3.63, 3.8) is 0 Å². The topological polar surface area (TPSA) is 152 Å². The number of aromatic nitrogens is 5. The fourth-order valence-electron chi connectivity index (χ4n) is 7.86. The van der Waals surface area contributed by atoms with Crippen LogP contribution in [0.15, 0.2) is 36.7 Å². The molecule has 278 valence electrons. The van der Waals surface area contributed by atoms with E-state index in [0.717, 1.165) is 42.1 Å². The van der Waals surface area contributed by atoms with Gasteiger partial charge in [0.25, 0.3) is 0 Å². The molecule has 2 aliphatic heterocycles. The molecule has 0 spiro atoms. The summed E-state index contributed by atoms with van der Waals surface area (Å²) in [6, 6.07) is 4.46. The second-order valence-corrected chi connectivity index (χ2v) is 14.8. The van der Waals surface area contributed by atoms with Gasteiger partial charge in [-0.05, 0) is 75.3 Å². The Hall–Kier alpha value is -5.21. The standard InChI is InChI=1S/C38H41F3N8O4/c1-20-10-11-29(38(39,40)41)45-34(20)46-36(53)28-14-37-15-30(37)49(28)31(51)18-48-33-24(9-7-5-6-8-21(2)35(52)44-19-37)12-25(27-17-42-22(3)16-43-27)13-26(33)32(47-48)23(4)50/h10-13,16-17,21,28,30H,5-9,14-15,18-19H2,1-4H3,(H,44,52)(H,45,46,53)/t21-,28+,30-,37+/m1/s1. The lowest BCUT2D eigenvalue weighted by Gasteiger charge is -2.27. The number of hydrogen-bond donors (Lipinski definition) is 2. The number of pyridine rings is 1. The number of nitrogens with zero attached hydrogens (tertiary/aromatic N) is 6. The molecule has 3 aliphatic rings. The number of benzene rings is 1. The summed E-state index contributed by atoms with van der Waals surface area (Å²) in [4.78, 5) is 68.7. The molecule has 5 heterocycles. The molecule has 4 aromatic rings. The zero-order valence-corrected chi connectivity index (χ0v) is 30.0. The SMILES string of the molecule is CC(=O)c1nn2c3c(cc(-c4cnc(C)cn4)cc13)CCCCC[C@@H](C)C(=O)NC[C@@]13C[C@@H](C(=O)Nc4nc(C(F)(F)F)ccc4C)N(C(=O)C2)[C@@H]1C3. The molecule has 2 N–H and O–H groups in total. The van der Waals surface area contributed by atoms with E-state index in [1.54, 1.807) is 12.4 Å². The van der Waals surface area contributed by atoms with Crippen molar-refractivity contribution in [3.8, 4) is 11.3 Å². The molecule has 2 bridgehead atoms. The van der Waals surface area contributed by atoms with Crippen molar-refractivity contribution in [2.75, 3.05) is 11.9 Å². The Kier molecular flexibility index (Phi) is 9.31. The van der Waals surface area contributed by atoms with Crippen molar-refractivity contribution in [1.29, 1.82) is 0 Å². The third-order valence-electron chi connectivity index (χ3n) is 10.9.